The molecule has 6 amide bonds. The number of unbranched alkanes of at least 4 members (excludes halogenated alkanes) is 4. The first-order valence-corrected chi connectivity index (χ1v) is 24.0. The average molecular weight is 966 g/mol. The van der Waals surface area contributed by atoms with Crippen molar-refractivity contribution in [2.24, 2.45) is 5.73 Å². The monoisotopic (exact) mass is 966 g/mol. The average Bonchev–Trinajstić information content (AvgIpc) is 3.24. The molecule has 69 heavy (non-hydrogen) atoms. The number of esters is 3. The summed E-state index contributed by atoms with van der Waals surface area (Å²) in [5.74, 6) is -3.59. The summed E-state index contributed by atoms with van der Waals surface area (Å²) in [6.45, 7) is 16.0. The van der Waals surface area contributed by atoms with Crippen LogP contribution in [0, 0.1) is 0 Å². The summed E-state index contributed by atoms with van der Waals surface area (Å²) in [6, 6.07) is 13.4. The van der Waals surface area contributed by atoms with Crippen LogP contribution in [0.2, 0.25) is 0 Å². The Balaban J connectivity index is 1.89. The molecule has 384 valence electrons. The first-order chi connectivity index (χ1) is 32.3. The molecule has 8 N–H and O–H groups in total. The smallest absolute Gasteiger partial charge is 0.329 e. The van der Waals surface area contributed by atoms with Crippen molar-refractivity contribution >= 4 is 47.6 Å². The Morgan fingerprint density at radius 2 is 0.942 bits per heavy atom. The summed E-state index contributed by atoms with van der Waals surface area (Å²) in [5.41, 5.74) is 4.78. The zero-order chi connectivity index (χ0) is 51.6. The summed E-state index contributed by atoms with van der Waals surface area (Å²) in [6.07, 6.45) is 3.67. The highest BCUT2D eigenvalue weighted by molar-refractivity contribution is 5.92. The molecule has 0 unspecified atom stereocenters. The Kier molecular flexibility index (Phi) is 25.5. The van der Waals surface area contributed by atoms with Gasteiger partial charge in [-0.3, -0.25) is 24.0 Å². The van der Waals surface area contributed by atoms with Crippen LogP contribution in [0.3, 0.4) is 0 Å². The van der Waals surface area contributed by atoms with Gasteiger partial charge in [0.1, 0.15) is 41.0 Å². The number of carbonyl (C=O) groups is 8. The predicted octanol–water partition coefficient (Wildman–Crippen LogP) is 4.60. The number of amides is 6. The molecule has 2 rings (SSSR count). The van der Waals surface area contributed by atoms with E-state index in [1.807, 2.05) is 60.7 Å². The van der Waals surface area contributed by atoms with Gasteiger partial charge in [0.25, 0.3) is 0 Å². The minimum atomic E-state index is -1.25. The standard InChI is InChI=1S/C51H79N7O11/c1-49(2,3)67-43(61)29-27-38(47(65)69-51(7,8)9)58-48(66)57-37(46(64)68-50(4,5)6)26-28-41(59)53-31-20-12-10-11-19-25-42(60)55-40(34-36-23-17-14-18-24-36)45(63)56-39(44(62)54-32-30-52)33-35-21-15-13-16-22-35/h13-18,21-24,37-40H,10-12,19-20,25-34,52H2,1-9H3,(H,53,59)(H,54,62)(H,55,60)(H,56,63)(H2,57,58,66)/t37-,38-,39-,40-/m0/s1. The Labute approximate surface area is 408 Å². The Morgan fingerprint density at radius 1 is 0.478 bits per heavy atom. The third-order valence-electron chi connectivity index (χ3n) is 9.91. The van der Waals surface area contributed by atoms with Gasteiger partial charge in [0.15, 0.2) is 0 Å². The van der Waals surface area contributed by atoms with E-state index >= 15 is 0 Å². The number of urea groups is 1. The largest absolute Gasteiger partial charge is 0.460 e. The van der Waals surface area contributed by atoms with Crippen molar-refractivity contribution in [2.45, 2.75) is 180 Å². The second kappa shape index (κ2) is 29.8. The molecule has 0 fully saturated rings. The number of carbonyl (C=O) groups excluding carboxylic acids is 8. The van der Waals surface area contributed by atoms with Crippen LogP contribution < -0.4 is 37.6 Å². The quantitative estimate of drug-likeness (QED) is 0.0351. The fourth-order valence-electron chi connectivity index (χ4n) is 6.76. The number of hydrogen-bond donors (Lipinski definition) is 7. The number of nitrogens with two attached hydrogens (primary N) is 1. The first-order valence-electron chi connectivity index (χ1n) is 24.0. The molecule has 0 aromatic heterocycles. The number of ether oxygens (including phenoxy) is 3. The van der Waals surface area contributed by atoms with Crippen molar-refractivity contribution in [3.8, 4) is 0 Å². The molecule has 0 aliphatic heterocycles. The third-order valence-corrected chi connectivity index (χ3v) is 9.91. The number of rotatable bonds is 28. The third kappa shape index (κ3) is 27.5. The minimum absolute atomic E-state index is 0.0997. The number of nitrogens with one attached hydrogen (secondary N) is 6. The van der Waals surface area contributed by atoms with Crippen molar-refractivity contribution in [3.05, 3.63) is 71.8 Å². The topological polar surface area (TPSA) is 262 Å². The van der Waals surface area contributed by atoms with Gasteiger partial charge in [-0.1, -0.05) is 79.9 Å². The normalized spacial score (nSPS) is 13.3. The van der Waals surface area contributed by atoms with Gasteiger partial charge in [-0.2, -0.15) is 0 Å². The summed E-state index contributed by atoms with van der Waals surface area (Å²) < 4.78 is 16.3. The maximum Gasteiger partial charge on any atom is 0.329 e. The number of benzene rings is 2. The van der Waals surface area contributed by atoms with Crippen molar-refractivity contribution in [2.75, 3.05) is 19.6 Å². The molecule has 18 heteroatoms. The van der Waals surface area contributed by atoms with Gasteiger partial charge in [-0.15, -0.1) is 0 Å². The molecule has 0 radical (unpaired) electrons. The zero-order valence-electron chi connectivity index (χ0n) is 42.3. The predicted molar refractivity (Wildman–Crippen MR) is 262 cm³/mol. The van der Waals surface area contributed by atoms with E-state index in [0.717, 1.165) is 30.4 Å². The van der Waals surface area contributed by atoms with Crippen molar-refractivity contribution in [1.82, 2.24) is 31.9 Å². The van der Waals surface area contributed by atoms with Crippen LogP contribution in [-0.2, 0) is 60.6 Å². The van der Waals surface area contributed by atoms with Crippen molar-refractivity contribution in [1.29, 1.82) is 0 Å². The van der Waals surface area contributed by atoms with Crippen molar-refractivity contribution in [3.63, 3.8) is 0 Å². The first kappa shape index (κ1) is 59.1. The summed E-state index contributed by atoms with van der Waals surface area (Å²) >= 11 is 0. The van der Waals surface area contributed by atoms with Crippen LogP contribution >= 0.6 is 0 Å². The van der Waals surface area contributed by atoms with Crippen LogP contribution in [0.15, 0.2) is 60.7 Å². The molecular formula is C51H79N7O11. The molecule has 0 saturated carbocycles. The fourth-order valence-corrected chi connectivity index (χ4v) is 6.76. The molecule has 2 aromatic rings. The Bertz CT molecular complexity index is 1940. The highest BCUT2D eigenvalue weighted by Crippen LogP contribution is 2.16. The molecule has 0 saturated heterocycles. The molecule has 4 atom stereocenters. The van der Waals surface area contributed by atoms with Crippen molar-refractivity contribution < 1.29 is 52.6 Å². The second-order valence-corrected chi connectivity index (χ2v) is 20.0. The minimum Gasteiger partial charge on any atom is -0.460 e. The van der Waals surface area contributed by atoms with E-state index in [1.165, 1.54) is 0 Å². The summed E-state index contributed by atoms with van der Waals surface area (Å²) in [5, 5.41) is 16.4. The van der Waals surface area contributed by atoms with Gasteiger partial charge < -0.3 is 51.8 Å². The Morgan fingerprint density at radius 3 is 1.43 bits per heavy atom. The lowest BCUT2D eigenvalue weighted by Gasteiger charge is -2.27. The molecule has 0 heterocycles. The van der Waals surface area contributed by atoms with Gasteiger partial charge in [-0.05, 0) is 99.1 Å². The van der Waals surface area contributed by atoms with Gasteiger partial charge >= 0.3 is 23.9 Å². The van der Waals surface area contributed by atoms with E-state index in [1.54, 1.807) is 62.3 Å². The molecule has 0 aliphatic rings. The molecule has 2 aromatic carbocycles. The van der Waals surface area contributed by atoms with E-state index in [9.17, 15) is 38.4 Å². The highest BCUT2D eigenvalue weighted by atomic mass is 16.6. The van der Waals surface area contributed by atoms with E-state index in [0.29, 0.717) is 19.4 Å². The lowest BCUT2D eigenvalue weighted by Crippen LogP contribution is -2.55. The molecular weight excluding hydrogens is 887 g/mol. The lowest BCUT2D eigenvalue weighted by molar-refractivity contribution is -0.159. The van der Waals surface area contributed by atoms with Crippen LogP contribution in [-0.4, -0.2) is 108 Å². The van der Waals surface area contributed by atoms with E-state index in [2.05, 4.69) is 31.9 Å². The van der Waals surface area contributed by atoms with Gasteiger partial charge in [-0.25, -0.2) is 14.4 Å². The van der Waals surface area contributed by atoms with Crippen LogP contribution in [0.5, 0.6) is 0 Å². The van der Waals surface area contributed by atoms with Gasteiger partial charge in [0.05, 0.1) is 0 Å². The SMILES string of the molecule is CC(C)(C)OC(=O)CC[C@H](NC(=O)N[C@@H](CCC(=O)NCCCCCCCC(=O)N[C@@H](Cc1ccccc1)C(=O)N[C@@H](Cc1ccccc1)C(=O)NCCN)C(=O)OC(C)(C)C)C(=O)OC(C)(C)C. The van der Waals surface area contributed by atoms with Gasteiger partial charge in [0.2, 0.25) is 23.6 Å². The fraction of sp³-hybridized carbons (Fsp3) is 0.608. The zero-order valence-corrected chi connectivity index (χ0v) is 42.3. The Hall–Kier alpha value is -6.04. The van der Waals surface area contributed by atoms with E-state index < -0.39 is 70.8 Å². The summed E-state index contributed by atoms with van der Waals surface area (Å²) in [4.78, 5) is 105. The van der Waals surface area contributed by atoms with Crippen LogP contribution in [0.25, 0.3) is 0 Å². The van der Waals surface area contributed by atoms with Crippen LogP contribution in [0.4, 0.5) is 4.79 Å². The van der Waals surface area contributed by atoms with Crippen LogP contribution in [0.1, 0.15) is 138 Å². The van der Waals surface area contributed by atoms with Gasteiger partial charge in [0, 0.05) is 51.7 Å². The maximum absolute atomic E-state index is 13.7. The molecule has 0 bridgehead atoms. The van der Waals surface area contributed by atoms with E-state index in [-0.39, 0.29) is 75.8 Å². The van der Waals surface area contributed by atoms with E-state index in [4.69, 9.17) is 19.9 Å². The maximum atomic E-state index is 13.7. The lowest BCUT2D eigenvalue weighted by atomic mass is 10.0. The molecule has 18 nitrogen and oxygen atoms in total. The highest BCUT2D eigenvalue weighted by Gasteiger charge is 2.32. The molecule has 0 spiro atoms. The second-order valence-electron chi connectivity index (χ2n) is 20.0. The molecule has 0 aliphatic carbocycles. The summed E-state index contributed by atoms with van der Waals surface area (Å²) in [7, 11) is 0. The number of hydrogen-bond acceptors (Lipinski definition) is 12.